The molecule has 1 saturated heterocycles. The number of hydrogen-bond donors (Lipinski definition) is 1. The summed E-state index contributed by atoms with van der Waals surface area (Å²) in [6.07, 6.45) is 4.88. The molecule has 0 spiro atoms. The fourth-order valence-corrected chi connectivity index (χ4v) is 2.86. The largest absolute Gasteiger partial charge is 0.466 e. The quantitative estimate of drug-likeness (QED) is 0.720. The molecular weight excluding hydrogens is 240 g/mol. The zero-order valence-electron chi connectivity index (χ0n) is 12.8. The van der Waals surface area contributed by atoms with Crippen LogP contribution in [0.3, 0.4) is 0 Å². The molecule has 4 heteroatoms. The van der Waals surface area contributed by atoms with Gasteiger partial charge >= 0.3 is 5.97 Å². The van der Waals surface area contributed by atoms with Crippen molar-refractivity contribution in [2.75, 3.05) is 32.8 Å². The minimum atomic E-state index is -0.0592. The van der Waals surface area contributed by atoms with Crippen molar-refractivity contribution in [3.05, 3.63) is 0 Å². The molecular formula is C15H30N2O2. The van der Waals surface area contributed by atoms with Gasteiger partial charge in [0.2, 0.25) is 0 Å². The van der Waals surface area contributed by atoms with Crippen molar-refractivity contribution in [3.63, 3.8) is 0 Å². The first kappa shape index (κ1) is 16.4. The van der Waals surface area contributed by atoms with Crippen LogP contribution in [0, 0.1) is 0 Å². The van der Waals surface area contributed by atoms with E-state index in [0.717, 1.165) is 51.9 Å². The fourth-order valence-electron chi connectivity index (χ4n) is 2.86. The second-order valence-electron chi connectivity index (χ2n) is 5.48. The van der Waals surface area contributed by atoms with E-state index in [9.17, 15) is 4.79 Å². The van der Waals surface area contributed by atoms with E-state index >= 15 is 0 Å². The van der Waals surface area contributed by atoms with Crippen LogP contribution in [-0.4, -0.2) is 49.2 Å². The third-order valence-electron chi connectivity index (χ3n) is 4.02. The number of nitrogens with one attached hydrogen (secondary N) is 1. The van der Waals surface area contributed by atoms with E-state index in [1.165, 1.54) is 0 Å². The Hall–Kier alpha value is -0.610. The average Bonchev–Trinajstić information content (AvgIpc) is 2.59. The Bertz CT molecular complexity index is 271. The van der Waals surface area contributed by atoms with Crippen molar-refractivity contribution in [2.24, 2.45) is 0 Å². The minimum Gasteiger partial charge on any atom is -0.466 e. The summed E-state index contributed by atoms with van der Waals surface area (Å²) in [5, 5.41) is 3.63. The van der Waals surface area contributed by atoms with Crippen LogP contribution in [0.4, 0.5) is 0 Å². The zero-order valence-corrected chi connectivity index (χ0v) is 12.8. The SMILES string of the molecule is CCCNC1(CC(=O)OCC)CCCN(CC)CC1. The summed E-state index contributed by atoms with van der Waals surface area (Å²) in [6, 6.07) is 0. The molecule has 0 aromatic carbocycles. The summed E-state index contributed by atoms with van der Waals surface area (Å²) < 4.78 is 5.15. The summed E-state index contributed by atoms with van der Waals surface area (Å²) in [6.45, 7) is 11.0. The fraction of sp³-hybridized carbons (Fsp3) is 0.933. The molecule has 1 aliphatic rings. The molecule has 0 saturated carbocycles. The monoisotopic (exact) mass is 270 g/mol. The molecule has 0 bridgehead atoms. The van der Waals surface area contributed by atoms with Gasteiger partial charge in [-0.1, -0.05) is 13.8 Å². The smallest absolute Gasteiger partial charge is 0.307 e. The average molecular weight is 270 g/mol. The molecule has 0 radical (unpaired) electrons. The van der Waals surface area contributed by atoms with Crippen LogP contribution < -0.4 is 5.32 Å². The Morgan fingerprint density at radius 2 is 2.05 bits per heavy atom. The van der Waals surface area contributed by atoms with Crippen molar-refractivity contribution >= 4 is 5.97 Å². The second-order valence-corrected chi connectivity index (χ2v) is 5.48. The molecule has 0 amide bonds. The van der Waals surface area contributed by atoms with E-state index in [1.54, 1.807) is 0 Å². The Morgan fingerprint density at radius 3 is 2.68 bits per heavy atom. The molecule has 1 N–H and O–H groups in total. The Labute approximate surface area is 117 Å². The molecule has 0 aromatic rings. The third kappa shape index (κ3) is 5.49. The molecule has 0 aromatic heterocycles. The number of rotatable bonds is 7. The van der Waals surface area contributed by atoms with Gasteiger partial charge in [-0.3, -0.25) is 4.79 Å². The highest BCUT2D eigenvalue weighted by Gasteiger charge is 2.34. The van der Waals surface area contributed by atoms with Gasteiger partial charge in [0, 0.05) is 5.54 Å². The molecule has 1 heterocycles. The number of carbonyl (C=O) groups is 1. The maximum atomic E-state index is 11.9. The van der Waals surface area contributed by atoms with Gasteiger partial charge in [-0.2, -0.15) is 0 Å². The maximum Gasteiger partial charge on any atom is 0.307 e. The Morgan fingerprint density at radius 1 is 1.26 bits per heavy atom. The summed E-state index contributed by atoms with van der Waals surface area (Å²) in [5.41, 5.74) is -0.0494. The predicted molar refractivity (Wildman–Crippen MR) is 78.2 cm³/mol. The summed E-state index contributed by atoms with van der Waals surface area (Å²) in [5.74, 6) is -0.0592. The number of likely N-dealkylation sites (tertiary alicyclic amines) is 1. The zero-order chi connectivity index (χ0) is 14.1. The van der Waals surface area contributed by atoms with E-state index < -0.39 is 0 Å². The van der Waals surface area contributed by atoms with Crippen LogP contribution in [0.25, 0.3) is 0 Å². The van der Waals surface area contributed by atoms with Gasteiger partial charge in [-0.05, 0) is 58.8 Å². The summed E-state index contributed by atoms with van der Waals surface area (Å²) >= 11 is 0. The Kier molecular flexibility index (Phi) is 7.39. The Balaban J connectivity index is 2.65. The normalized spacial score (nSPS) is 25.0. The molecule has 0 aliphatic carbocycles. The van der Waals surface area contributed by atoms with Crippen molar-refractivity contribution in [2.45, 2.75) is 58.4 Å². The van der Waals surface area contributed by atoms with Gasteiger partial charge < -0.3 is 15.0 Å². The molecule has 1 atom stereocenters. The van der Waals surface area contributed by atoms with Crippen LogP contribution in [0.1, 0.15) is 52.9 Å². The van der Waals surface area contributed by atoms with Gasteiger partial charge in [-0.25, -0.2) is 0 Å². The van der Waals surface area contributed by atoms with E-state index in [2.05, 4.69) is 24.1 Å². The van der Waals surface area contributed by atoms with E-state index in [4.69, 9.17) is 4.74 Å². The van der Waals surface area contributed by atoms with E-state index in [-0.39, 0.29) is 11.5 Å². The van der Waals surface area contributed by atoms with E-state index in [0.29, 0.717) is 13.0 Å². The number of esters is 1. The standard InChI is InChI=1S/C15H30N2O2/c1-4-10-16-15(13-14(18)19-6-3)8-7-11-17(5-2)12-9-15/h16H,4-13H2,1-3H3. The number of ether oxygens (including phenoxy) is 1. The molecule has 1 unspecified atom stereocenters. The summed E-state index contributed by atoms with van der Waals surface area (Å²) in [4.78, 5) is 14.3. The van der Waals surface area contributed by atoms with Crippen molar-refractivity contribution < 1.29 is 9.53 Å². The van der Waals surface area contributed by atoms with Crippen molar-refractivity contribution in [1.82, 2.24) is 10.2 Å². The van der Waals surface area contributed by atoms with Gasteiger partial charge in [0.1, 0.15) is 0 Å². The van der Waals surface area contributed by atoms with Crippen LogP contribution >= 0.6 is 0 Å². The highest BCUT2D eigenvalue weighted by atomic mass is 16.5. The maximum absolute atomic E-state index is 11.9. The highest BCUT2D eigenvalue weighted by molar-refractivity contribution is 5.70. The van der Waals surface area contributed by atoms with Crippen molar-refractivity contribution in [3.8, 4) is 0 Å². The highest BCUT2D eigenvalue weighted by Crippen LogP contribution is 2.26. The lowest BCUT2D eigenvalue weighted by atomic mass is 9.86. The first-order valence-electron chi connectivity index (χ1n) is 7.78. The lowest BCUT2D eigenvalue weighted by molar-refractivity contribution is -0.145. The summed E-state index contributed by atoms with van der Waals surface area (Å²) in [7, 11) is 0. The number of hydrogen-bond acceptors (Lipinski definition) is 4. The van der Waals surface area contributed by atoms with Gasteiger partial charge in [0.15, 0.2) is 0 Å². The van der Waals surface area contributed by atoms with Crippen LogP contribution in [0.15, 0.2) is 0 Å². The first-order valence-corrected chi connectivity index (χ1v) is 7.78. The first-order chi connectivity index (χ1) is 9.15. The predicted octanol–water partition coefficient (Wildman–Crippen LogP) is 2.18. The van der Waals surface area contributed by atoms with Crippen LogP contribution in [0.5, 0.6) is 0 Å². The molecule has 1 fully saturated rings. The van der Waals surface area contributed by atoms with Gasteiger partial charge in [0.05, 0.1) is 13.0 Å². The lowest BCUT2D eigenvalue weighted by Gasteiger charge is -2.33. The van der Waals surface area contributed by atoms with Crippen molar-refractivity contribution in [1.29, 1.82) is 0 Å². The third-order valence-corrected chi connectivity index (χ3v) is 4.02. The van der Waals surface area contributed by atoms with Crippen LogP contribution in [0.2, 0.25) is 0 Å². The molecule has 19 heavy (non-hydrogen) atoms. The minimum absolute atomic E-state index is 0.0494. The number of nitrogens with zero attached hydrogens (tertiary/aromatic N) is 1. The topological polar surface area (TPSA) is 41.6 Å². The van der Waals surface area contributed by atoms with Crippen LogP contribution in [-0.2, 0) is 9.53 Å². The second kappa shape index (κ2) is 8.54. The molecule has 1 rings (SSSR count). The molecule has 4 nitrogen and oxygen atoms in total. The number of carbonyl (C=O) groups excluding carboxylic acids is 1. The van der Waals surface area contributed by atoms with E-state index in [1.807, 2.05) is 6.92 Å². The lowest BCUT2D eigenvalue weighted by Crippen LogP contribution is -2.48. The molecule has 112 valence electrons. The van der Waals surface area contributed by atoms with Gasteiger partial charge in [0.25, 0.3) is 0 Å². The molecule has 1 aliphatic heterocycles. The van der Waals surface area contributed by atoms with Gasteiger partial charge in [-0.15, -0.1) is 0 Å².